The van der Waals surface area contributed by atoms with E-state index in [1.165, 1.54) is 0 Å². The molecule has 0 fully saturated rings. The minimum atomic E-state index is -1.73. The predicted octanol–water partition coefficient (Wildman–Crippen LogP) is 2.12. The average Bonchev–Trinajstić information content (AvgIpc) is 2.15. The first kappa shape index (κ1) is 11.3. The number of alkyl halides is 1. The molecule has 0 aliphatic heterocycles. The number of hydrogen-bond acceptors (Lipinski definition) is 2. The summed E-state index contributed by atoms with van der Waals surface area (Å²) in [4.78, 5) is 21.5. The molecule has 0 bridgehead atoms. The van der Waals surface area contributed by atoms with Gasteiger partial charge >= 0.3 is 5.97 Å². The summed E-state index contributed by atoms with van der Waals surface area (Å²) in [6, 6.07) is 3.23. The highest BCUT2D eigenvalue weighted by Crippen LogP contribution is 2.24. The van der Waals surface area contributed by atoms with Crippen molar-refractivity contribution in [2.24, 2.45) is 0 Å². The molecule has 1 atom stereocenters. The Hall–Kier alpha value is -1.78. The fourth-order valence-electron chi connectivity index (χ4n) is 1.25. The Morgan fingerprint density at radius 3 is 2.47 bits per heavy atom. The fraction of sp³-hybridized carbons (Fsp3) is 0.200. The highest BCUT2D eigenvalue weighted by molar-refractivity contribution is 6.40. The third-order valence-electron chi connectivity index (χ3n) is 1.89. The Bertz CT molecular complexity index is 413. The second-order valence-corrected chi connectivity index (χ2v) is 2.95. The van der Waals surface area contributed by atoms with Crippen molar-refractivity contribution >= 4 is 11.8 Å². The first-order chi connectivity index (χ1) is 6.95. The van der Waals surface area contributed by atoms with Crippen molar-refractivity contribution in [2.75, 3.05) is 0 Å². The first-order valence-electron chi connectivity index (χ1n) is 4.15. The maximum absolute atomic E-state index is 13.1. The summed E-state index contributed by atoms with van der Waals surface area (Å²) in [6.07, 6.45) is -1.73. The SMILES string of the molecule is CC(F)c1c(F)cccc1C(=O)C(=O)O. The molecule has 0 aliphatic carbocycles. The van der Waals surface area contributed by atoms with E-state index in [9.17, 15) is 18.4 Å². The number of halogens is 2. The van der Waals surface area contributed by atoms with E-state index in [1.807, 2.05) is 0 Å². The molecule has 1 N–H and O–H groups in total. The Labute approximate surface area is 84.3 Å². The summed E-state index contributed by atoms with van der Waals surface area (Å²) in [5.74, 6) is -3.96. The van der Waals surface area contributed by atoms with Gasteiger partial charge in [-0.05, 0) is 13.0 Å². The summed E-state index contributed by atoms with van der Waals surface area (Å²) in [6.45, 7) is 1.04. The van der Waals surface area contributed by atoms with Gasteiger partial charge in [0.15, 0.2) is 0 Å². The zero-order valence-electron chi connectivity index (χ0n) is 7.83. The molecule has 1 aromatic carbocycles. The average molecular weight is 214 g/mol. The van der Waals surface area contributed by atoms with Crippen LogP contribution in [0.25, 0.3) is 0 Å². The Kier molecular flexibility index (Phi) is 3.14. The zero-order chi connectivity index (χ0) is 11.6. The second kappa shape index (κ2) is 4.16. The van der Waals surface area contributed by atoms with Crippen LogP contribution >= 0.6 is 0 Å². The summed E-state index contributed by atoms with van der Waals surface area (Å²) < 4.78 is 26.1. The van der Waals surface area contributed by atoms with Crippen LogP contribution < -0.4 is 0 Å². The summed E-state index contributed by atoms with van der Waals surface area (Å²) in [7, 11) is 0. The van der Waals surface area contributed by atoms with Gasteiger partial charge in [0, 0.05) is 11.1 Å². The van der Waals surface area contributed by atoms with Crippen LogP contribution in [0.5, 0.6) is 0 Å². The molecule has 80 valence electrons. The standard InChI is InChI=1S/C10H8F2O3/c1-5(11)8-6(9(13)10(14)15)3-2-4-7(8)12/h2-5H,1H3,(H,14,15). The number of rotatable bonds is 3. The van der Waals surface area contributed by atoms with Crippen LogP contribution in [0.1, 0.15) is 29.0 Å². The van der Waals surface area contributed by atoms with Crippen molar-refractivity contribution in [3.63, 3.8) is 0 Å². The molecule has 0 aromatic heterocycles. The molecule has 0 radical (unpaired) electrons. The van der Waals surface area contributed by atoms with Gasteiger partial charge in [-0.25, -0.2) is 13.6 Å². The van der Waals surface area contributed by atoms with Crippen molar-refractivity contribution in [3.8, 4) is 0 Å². The monoisotopic (exact) mass is 214 g/mol. The molecular weight excluding hydrogens is 206 g/mol. The topological polar surface area (TPSA) is 54.4 Å². The minimum absolute atomic E-state index is 0.447. The van der Waals surface area contributed by atoms with E-state index in [0.717, 1.165) is 25.1 Å². The fourth-order valence-corrected chi connectivity index (χ4v) is 1.25. The van der Waals surface area contributed by atoms with Gasteiger partial charge in [-0.2, -0.15) is 0 Å². The molecule has 0 spiro atoms. The third-order valence-corrected chi connectivity index (χ3v) is 1.89. The molecule has 5 heteroatoms. The minimum Gasteiger partial charge on any atom is -0.475 e. The number of carbonyl (C=O) groups is 2. The molecule has 0 amide bonds. The Balaban J connectivity index is 3.35. The van der Waals surface area contributed by atoms with Crippen LogP contribution in [0.3, 0.4) is 0 Å². The van der Waals surface area contributed by atoms with Crippen LogP contribution in [0, 0.1) is 5.82 Å². The number of benzene rings is 1. The van der Waals surface area contributed by atoms with E-state index >= 15 is 0 Å². The molecule has 3 nitrogen and oxygen atoms in total. The van der Waals surface area contributed by atoms with Crippen molar-refractivity contribution in [3.05, 3.63) is 35.1 Å². The lowest BCUT2D eigenvalue weighted by Crippen LogP contribution is -2.16. The second-order valence-electron chi connectivity index (χ2n) is 2.95. The van der Waals surface area contributed by atoms with E-state index < -0.39 is 34.9 Å². The van der Waals surface area contributed by atoms with Crippen LogP contribution in [0.2, 0.25) is 0 Å². The van der Waals surface area contributed by atoms with E-state index in [1.54, 1.807) is 0 Å². The van der Waals surface area contributed by atoms with Gasteiger partial charge in [0.1, 0.15) is 12.0 Å². The van der Waals surface area contributed by atoms with Crippen molar-refractivity contribution < 1.29 is 23.5 Å². The van der Waals surface area contributed by atoms with Crippen molar-refractivity contribution in [1.82, 2.24) is 0 Å². The van der Waals surface area contributed by atoms with Gasteiger partial charge in [0.25, 0.3) is 5.78 Å². The lowest BCUT2D eigenvalue weighted by Gasteiger charge is -2.08. The zero-order valence-corrected chi connectivity index (χ0v) is 7.83. The number of hydrogen-bond donors (Lipinski definition) is 1. The number of ketones is 1. The van der Waals surface area contributed by atoms with Gasteiger partial charge in [-0.1, -0.05) is 12.1 Å². The van der Waals surface area contributed by atoms with Gasteiger partial charge in [0.05, 0.1) is 0 Å². The lowest BCUT2D eigenvalue weighted by atomic mass is 10.00. The van der Waals surface area contributed by atoms with Gasteiger partial charge < -0.3 is 5.11 Å². The van der Waals surface area contributed by atoms with Crippen LogP contribution in [-0.2, 0) is 4.79 Å². The molecule has 1 unspecified atom stereocenters. The smallest absolute Gasteiger partial charge is 0.377 e. The number of Topliss-reactive ketones (excluding diaryl/α,β-unsaturated/α-hetero) is 1. The quantitative estimate of drug-likeness (QED) is 0.619. The molecule has 0 aliphatic rings. The highest BCUT2D eigenvalue weighted by atomic mass is 19.1. The first-order valence-corrected chi connectivity index (χ1v) is 4.15. The number of carboxylic acid groups (broad SMARTS) is 1. The molecule has 15 heavy (non-hydrogen) atoms. The molecule has 1 aromatic rings. The molecule has 0 saturated heterocycles. The molecular formula is C10H8F2O3. The maximum Gasteiger partial charge on any atom is 0.377 e. The van der Waals surface area contributed by atoms with E-state index in [0.29, 0.717) is 0 Å². The molecule has 1 rings (SSSR count). The maximum atomic E-state index is 13.1. The number of aliphatic carboxylic acids is 1. The van der Waals surface area contributed by atoms with Crippen LogP contribution in [0.15, 0.2) is 18.2 Å². The molecule has 0 heterocycles. The van der Waals surface area contributed by atoms with Crippen LogP contribution in [-0.4, -0.2) is 16.9 Å². The van der Waals surface area contributed by atoms with Crippen molar-refractivity contribution in [2.45, 2.75) is 13.1 Å². The van der Waals surface area contributed by atoms with Crippen LogP contribution in [0.4, 0.5) is 8.78 Å². The van der Waals surface area contributed by atoms with Gasteiger partial charge in [-0.3, -0.25) is 4.79 Å². The van der Waals surface area contributed by atoms with Crippen molar-refractivity contribution in [1.29, 1.82) is 0 Å². The third kappa shape index (κ3) is 2.18. The Morgan fingerprint density at radius 2 is 2.00 bits per heavy atom. The van der Waals surface area contributed by atoms with Gasteiger partial charge in [-0.15, -0.1) is 0 Å². The predicted molar refractivity (Wildman–Crippen MR) is 47.9 cm³/mol. The van der Waals surface area contributed by atoms with E-state index in [4.69, 9.17) is 5.11 Å². The number of carboxylic acids is 1. The lowest BCUT2D eigenvalue weighted by molar-refractivity contribution is -0.131. The number of carbonyl (C=O) groups excluding carboxylic acids is 1. The summed E-state index contributed by atoms with van der Waals surface area (Å²) >= 11 is 0. The largest absolute Gasteiger partial charge is 0.475 e. The van der Waals surface area contributed by atoms with Gasteiger partial charge in [0.2, 0.25) is 0 Å². The highest BCUT2D eigenvalue weighted by Gasteiger charge is 2.23. The summed E-state index contributed by atoms with van der Waals surface area (Å²) in [5.41, 5.74) is -0.956. The normalized spacial score (nSPS) is 12.2. The summed E-state index contributed by atoms with van der Waals surface area (Å²) in [5, 5.41) is 8.44. The van der Waals surface area contributed by atoms with E-state index in [2.05, 4.69) is 0 Å². The molecule has 0 saturated carbocycles. The Morgan fingerprint density at radius 1 is 1.40 bits per heavy atom. The van der Waals surface area contributed by atoms with E-state index in [-0.39, 0.29) is 0 Å².